The van der Waals surface area contributed by atoms with Crippen LogP contribution in [0.25, 0.3) is 0 Å². The highest BCUT2D eigenvalue weighted by Gasteiger charge is 2.32. The fourth-order valence-corrected chi connectivity index (χ4v) is 4.56. The van der Waals surface area contributed by atoms with Crippen LogP contribution in [0, 0.1) is 18.7 Å². The van der Waals surface area contributed by atoms with Crippen molar-refractivity contribution in [2.75, 3.05) is 26.2 Å². The molecule has 0 aliphatic carbocycles. The van der Waals surface area contributed by atoms with E-state index in [2.05, 4.69) is 15.5 Å². The van der Waals surface area contributed by atoms with E-state index in [4.69, 9.17) is 0 Å². The number of halogens is 1. The number of carbonyl (C=O) groups is 2. The molecule has 1 atom stereocenters. The fourth-order valence-electron chi connectivity index (χ4n) is 4.56. The van der Waals surface area contributed by atoms with Gasteiger partial charge in [0.15, 0.2) is 0 Å². The lowest BCUT2D eigenvalue weighted by molar-refractivity contribution is -0.137. The number of aromatic nitrogens is 4. The van der Waals surface area contributed by atoms with E-state index >= 15 is 0 Å². The van der Waals surface area contributed by atoms with Gasteiger partial charge in [0.1, 0.15) is 17.7 Å². The van der Waals surface area contributed by atoms with E-state index in [1.165, 1.54) is 12.1 Å². The SMILES string of the molecule is Cc1nnnn1[C@@H](Cc1ccc(F)cc1)C(=O)N1CCC(CC(=O)N2CCCC2)CC1. The molecule has 9 heteroatoms. The van der Waals surface area contributed by atoms with Gasteiger partial charge in [-0.2, -0.15) is 0 Å². The predicted octanol–water partition coefficient (Wildman–Crippen LogP) is 2.16. The Balaban J connectivity index is 1.39. The van der Waals surface area contributed by atoms with Gasteiger partial charge in [-0.1, -0.05) is 12.1 Å². The molecule has 2 aliphatic heterocycles. The quantitative estimate of drug-likeness (QED) is 0.704. The second-order valence-electron chi connectivity index (χ2n) is 8.58. The van der Waals surface area contributed by atoms with E-state index in [1.54, 1.807) is 23.7 Å². The molecule has 4 rings (SSSR count). The van der Waals surface area contributed by atoms with E-state index < -0.39 is 6.04 Å². The predicted molar refractivity (Wildman–Crippen MR) is 111 cm³/mol. The Kier molecular flexibility index (Phi) is 6.58. The Morgan fingerprint density at radius 3 is 2.35 bits per heavy atom. The first-order valence-electron chi connectivity index (χ1n) is 11.1. The summed E-state index contributed by atoms with van der Waals surface area (Å²) in [7, 11) is 0. The number of nitrogens with zero attached hydrogens (tertiary/aromatic N) is 6. The number of tetrazole rings is 1. The monoisotopic (exact) mass is 428 g/mol. The number of hydrogen-bond donors (Lipinski definition) is 0. The lowest BCUT2D eigenvalue weighted by Crippen LogP contribution is -2.44. The highest BCUT2D eigenvalue weighted by atomic mass is 19.1. The maximum absolute atomic E-state index is 13.4. The maximum atomic E-state index is 13.4. The van der Waals surface area contributed by atoms with Crippen LogP contribution >= 0.6 is 0 Å². The van der Waals surface area contributed by atoms with Crippen molar-refractivity contribution in [3.05, 3.63) is 41.5 Å². The van der Waals surface area contributed by atoms with Crippen molar-refractivity contribution in [2.24, 2.45) is 5.92 Å². The van der Waals surface area contributed by atoms with Crippen molar-refractivity contribution in [3.8, 4) is 0 Å². The molecule has 2 aromatic rings. The number of aryl methyl sites for hydroxylation is 1. The lowest BCUT2D eigenvalue weighted by atomic mass is 9.92. The summed E-state index contributed by atoms with van der Waals surface area (Å²) in [5.41, 5.74) is 0.848. The van der Waals surface area contributed by atoms with Gasteiger partial charge in [0.05, 0.1) is 0 Å². The van der Waals surface area contributed by atoms with Crippen molar-refractivity contribution >= 4 is 11.8 Å². The molecule has 0 saturated carbocycles. The molecule has 2 amide bonds. The third-order valence-corrected chi connectivity index (χ3v) is 6.43. The van der Waals surface area contributed by atoms with Crippen LogP contribution < -0.4 is 0 Å². The molecule has 2 aliphatic rings. The molecule has 0 N–H and O–H groups in total. The molecule has 0 spiro atoms. The molecule has 2 fully saturated rings. The van der Waals surface area contributed by atoms with Crippen LogP contribution in [0.2, 0.25) is 0 Å². The van der Waals surface area contributed by atoms with Crippen molar-refractivity contribution in [1.29, 1.82) is 0 Å². The van der Waals surface area contributed by atoms with Gasteiger partial charge in [0.25, 0.3) is 0 Å². The van der Waals surface area contributed by atoms with Crippen molar-refractivity contribution in [1.82, 2.24) is 30.0 Å². The van der Waals surface area contributed by atoms with E-state index in [-0.39, 0.29) is 17.6 Å². The zero-order valence-electron chi connectivity index (χ0n) is 17.9. The zero-order chi connectivity index (χ0) is 21.8. The number of piperidine rings is 1. The van der Waals surface area contributed by atoms with Gasteiger partial charge in [-0.3, -0.25) is 9.59 Å². The van der Waals surface area contributed by atoms with Crippen LogP contribution in [-0.4, -0.2) is 68.0 Å². The molecular weight excluding hydrogens is 399 g/mol. The Bertz CT molecular complexity index is 901. The fraction of sp³-hybridized carbons (Fsp3) is 0.591. The number of amides is 2. The van der Waals surface area contributed by atoms with Crippen LogP contribution in [0.15, 0.2) is 24.3 Å². The molecule has 0 unspecified atom stereocenters. The summed E-state index contributed by atoms with van der Waals surface area (Å²) in [5, 5.41) is 11.7. The van der Waals surface area contributed by atoms with Gasteiger partial charge < -0.3 is 9.80 Å². The number of likely N-dealkylation sites (tertiary alicyclic amines) is 2. The Hall–Kier alpha value is -2.84. The van der Waals surface area contributed by atoms with Crippen molar-refractivity contribution < 1.29 is 14.0 Å². The molecule has 1 aromatic heterocycles. The Labute approximate surface area is 181 Å². The standard InChI is InChI=1S/C22H29FN6O2/c1-16-24-25-26-29(16)20(14-17-4-6-19(23)7-5-17)22(31)28-12-8-18(9-13-28)15-21(30)27-10-2-3-11-27/h4-7,18,20H,2-3,8-15H2,1H3/t20-/m0/s1. The van der Waals surface area contributed by atoms with Crippen LogP contribution in [0.4, 0.5) is 4.39 Å². The zero-order valence-corrected chi connectivity index (χ0v) is 17.9. The Morgan fingerprint density at radius 1 is 1.06 bits per heavy atom. The van der Waals surface area contributed by atoms with E-state index in [0.29, 0.717) is 37.7 Å². The molecule has 3 heterocycles. The normalized spacial score (nSPS) is 18.4. The summed E-state index contributed by atoms with van der Waals surface area (Å²) in [5.74, 6) is 0.787. The summed E-state index contributed by atoms with van der Waals surface area (Å²) in [4.78, 5) is 29.7. The third kappa shape index (κ3) is 5.08. The maximum Gasteiger partial charge on any atom is 0.247 e. The van der Waals surface area contributed by atoms with E-state index in [0.717, 1.165) is 44.3 Å². The lowest BCUT2D eigenvalue weighted by Gasteiger charge is -2.34. The molecule has 0 radical (unpaired) electrons. The average Bonchev–Trinajstić information content (AvgIpc) is 3.46. The minimum Gasteiger partial charge on any atom is -0.343 e. The number of rotatable bonds is 6. The van der Waals surface area contributed by atoms with Gasteiger partial charge in [-0.05, 0) is 66.6 Å². The minimum atomic E-state index is -0.580. The first-order valence-corrected chi connectivity index (χ1v) is 11.1. The molecule has 166 valence electrons. The summed E-state index contributed by atoms with van der Waals surface area (Å²) in [6.45, 7) is 4.77. The number of hydrogen-bond acceptors (Lipinski definition) is 5. The van der Waals surface area contributed by atoms with Gasteiger partial charge in [-0.15, -0.1) is 5.10 Å². The number of benzene rings is 1. The van der Waals surface area contributed by atoms with Crippen LogP contribution in [0.3, 0.4) is 0 Å². The topological polar surface area (TPSA) is 84.2 Å². The smallest absolute Gasteiger partial charge is 0.247 e. The van der Waals surface area contributed by atoms with E-state index in [1.807, 2.05) is 9.80 Å². The Morgan fingerprint density at radius 2 is 1.74 bits per heavy atom. The summed E-state index contributed by atoms with van der Waals surface area (Å²) in [6.07, 6.45) is 4.81. The average molecular weight is 429 g/mol. The van der Waals surface area contributed by atoms with Gasteiger partial charge in [0.2, 0.25) is 11.8 Å². The molecule has 8 nitrogen and oxygen atoms in total. The number of carbonyl (C=O) groups excluding carboxylic acids is 2. The third-order valence-electron chi connectivity index (χ3n) is 6.43. The summed E-state index contributed by atoms with van der Waals surface area (Å²) < 4.78 is 14.8. The van der Waals surface area contributed by atoms with Gasteiger partial charge in [-0.25, -0.2) is 9.07 Å². The molecule has 2 saturated heterocycles. The first kappa shape index (κ1) is 21.4. The second-order valence-corrected chi connectivity index (χ2v) is 8.58. The molecule has 31 heavy (non-hydrogen) atoms. The second kappa shape index (κ2) is 9.53. The van der Waals surface area contributed by atoms with Crippen LogP contribution in [0.5, 0.6) is 0 Å². The molecule has 1 aromatic carbocycles. The molecule has 0 bridgehead atoms. The minimum absolute atomic E-state index is 0.0379. The van der Waals surface area contributed by atoms with Crippen LogP contribution in [-0.2, 0) is 16.0 Å². The first-order chi connectivity index (χ1) is 15.0. The molecular formula is C22H29FN6O2. The van der Waals surface area contributed by atoms with Gasteiger partial charge in [0, 0.05) is 39.0 Å². The largest absolute Gasteiger partial charge is 0.343 e. The highest BCUT2D eigenvalue weighted by molar-refractivity contribution is 5.81. The van der Waals surface area contributed by atoms with Gasteiger partial charge >= 0.3 is 0 Å². The van der Waals surface area contributed by atoms with Crippen molar-refractivity contribution in [2.45, 2.75) is 51.5 Å². The van der Waals surface area contributed by atoms with Crippen molar-refractivity contribution in [3.63, 3.8) is 0 Å². The van der Waals surface area contributed by atoms with E-state index in [9.17, 15) is 14.0 Å². The highest BCUT2D eigenvalue weighted by Crippen LogP contribution is 2.26. The summed E-state index contributed by atoms with van der Waals surface area (Å²) >= 11 is 0. The van der Waals surface area contributed by atoms with Crippen LogP contribution in [0.1, 0.15) is 49.5 Å². The summed E-state index contributed by atoms with van der Waals surface area (Å²) in [6, 6.07) is 5.58.